The smallest absolute Gasteiger partial charge is 0.257 e. The highest BCUT2D eigenvalue weighted by Crippen LogP contribution is 2.22. The second-order valence-corrected chi connectivity index (χ2v) is 6.82. The highest BCUT2D eigenvalue weighted by Gasteiger charge is 2.09. The van der Waals surface area contributed by atoms with E-state index < -0.39 is 0 Å². The Labute approximate surface area is 151 Å². The Morgan fingerprint density at radius 2 is 2.12 bits per heavy atom. The maximum Gasteiger partial charge on any atom is 0.257 e. The third kappa shape index (κ3) is 4.24. The van der Waals surface area contributed by atoms with Crippen LogP contribution >= 0.6 is 27.7 Å². The first kappa shape index (κ1) is 16.7. The Bertz CT molecular complexity index is 874. The summed E-state index contributed by atoms with van der Waals surface area (Å²) in [6.45, 7) is 1.84. The largest absolute Gasteiger partial charge is 0.431 e. The van der Waals surface area contributed by atoms with Crippen LogP contribution in [0.25, 0.3) is 11.1 Å². The Kier molecular flexibility index (Phi) is 5.32. The molecule has 1 aromatic heterocycles. The first-order chi connectivity index (χ1) is 11.6. The number of fused-ring (bicyclic) bond motifs is 1. The van der Waals surface area contributed by atoms with Crippen molar-refractivity contribution in [2.75, 3.05) is 5.75 Å². The van der Waals surface area contributed by atoms with Crippen molar-refractivity contribution in [2.24, 2.45) is 5.10 Å². The summed E-state index contributed by atoms with van der Waals surface area (Å²) in [5.74, 6) is -0.0289. The minimum absolute atomic E-state index is 0.183. The molecule has 1 amide bonds. The zero-order chi connectivity index (χ0) is 16.9. The first-order valence-electron chi connectivity index (χ1n) is 7.19. The van der Waals surface area contributed by atoms with Crippen LogP contribution in [0.3, 0.4) is 0 Å². The van der Waals surface area contributed by atoms with Gasteiger partial charge in [-0.25, -0.2) is 10.4 Å². The number of benzene rings is 2. The summed E-state index contributed by atoms with van der Waals surface area (Å²) < 4.78 is 6.52. The Morgan fingerprint density at radius 3 is 2.92 bits per heavy atom. The number of aromatic nitrogens is 1. The zero-order valence-electron chi connectivity index (χ0n) is 12.8. The van der Waals surface area contributed by atoms with Gasteiger partial charge in [-0.05, 0) is 36.8 Å². The van der Waals surface area contributed by atoms with Crippen molar-refractivity contribution in [3.63, 3.8) is 0 Å². The predicted molar refractivity (Wildman–Crippen MR) is 99.2 cm³/mol. The average molecular weight is 404 g/mol. The summed E-state index contributed by atoms with van der Waals surface area (Å²) in [7, 11) is 0. The predicted octanol–water partition coefficient (Wildman–Crippen LogP) is 4.22. The monoisotopic (exact) mass is 403 g/mol. The lowest BCUT2D eigenvalue weighted by molar-refractivity contribution is -0.118. The molecular formula is C17H14BrN3O2S. The Hall–Kier alpha value is -2.12. The fourth-order valence-electron chi connectivity index (χ4n) is 2.00. The van der Waals surface area contributed by atoms with Gasteiger partial charge in [-0.15, -0.1) is 0 Å². The van der Waals surface area contributed by atoms with Gasteiger partial charge in [0, 0.05) is 4.47 Å². The molecular weight excluding hydrogens is 390 g/mol. The normalized spacial score (nSPS) is 11.7. The van der Waals surface area contributed by atoms with Crippen LogP contribution in [0.5, 0.6) is 0 Å². The van der Waals surface area contributed by atoms with Gasteiger partial charge in [0.2, 0.25) is 0 Å². The number of para-hydroxylation sites is 2. The van der Waals surface area contributed by atoms with E-state index in [9.17, 15) is 4.79 Å². The molecule has 0 aliphatic rings. The summed E-state index contributed by atoms with van der Waals surface area (Å²) in [6.07, 6.45) is 0. The van der Waals surface area contributed by atoms with E-state index in [1.807, 2.05) is 55.5 Å². The van der Waals surface area contributed by atoms with Crippen LogP contribution in [-0.2, 0) is 4.79 Å². The summed E-state index contributed by atoms with van der Waals surface area (Å²) in [5, 5.41) is 4.59. The molecule has 3 aromatic rings. The molecule has 0 bridgehead atoms. The third-order valence-electron chi connectivity index (χ3n) is 3.19. The second-order valence-electron chi connectivity index (χ2n) is 4.98. The van der Waals surface area contributed by atoms with Crippen molar-refractivity contribution in [2.45, 2.75) is 12.1 Å². The summed E-state index contributed by atoms with van der Waals surface area (Å²) in [6, 6.07) is 15.2. The quantitative estimate of drug-likeness (QED) is 0.393. The molecule has 0 atom stereocenters. The van der Waals surface area contributed by atoms with Crippen molar-refractivity contribution >= 4 is 50.4 Å². The molecule has 0 aliphatic heterocycles. The average Bonchev–Trinajstić information content (AvgIpc) is 3.00. The van der Waals surface area contributed by atoms with E-state index in [0.29, 0.717) is 10.8 Å². The lowest BCUT2D eigenvalue weighted by Gasteiger charge is -2.02. The Morgan fingerprint density at radius 1 is 1.29 bits per heavy atom. The van der Waals surface area contributed by atoms with E-state index in [1.165, 1.54) is 11.8 Å². The van der Waals surface area contributed by atoms with E-state index in [4.69, 9.17) is 4.42 Å². The molecule has 1 N–H and O–H groups in total. The van der Waals surface area contributed by atoms with Gasteiger partial charge in [0.1, 0.15) is 5.52 Å². The van der Waals surface area contributed by atoms with Gasteiger partial charge in [0.05, 0.1) is 11.5 Å². The zero-order valence-corrected chi connectivity index (χ0v) is 15.2. The van der Waals surface area contributed by atoms with Gasteiger partial charge in [-0.3, -0.25) is 4.79 Å². The van der Waals surface area contributed by atoms with Crippen LogP contribution in [-0.4, -0.2) is 22.4 Å². The number of hydrogen-bond donors (Lipinski definition) is 1. The Balaban J connectivity index is 1.56. The SMILES string of the molecule is CC(=NNC(=O)CSc1nc2ccccc2o1)c1cccc(Br)c1. The highest BCUT2D eigenvalue weighted by molar-refractivity contribution is 9.10. The van der Waals surface area contributed by atoms with Crippen molar-refractivity contribution in [3.8, 4) is 0 Å². The number of hydrazone groups is 1. The standard InChI is InChI=1S/C17H14BrN3O2S/c1-11(12-5-4-6-13(18)9-12)20-21-16(22)10-24-17-19-14-7-2-3-8-15(14)23-17/h2-9H,10H2,1H3,(H,21,22). The minimum Gasteiger partial charge on any atom is -0.431 e. The highest BCUT2D eigenvalue weighted by atomic mass is 79.9. The third-order valence-corrected chi connectivity index (χ3v) is 4.51. The molecule has 0 spiro atoms. The lowest BCUT2D eigenvalue weighted by atomic mass is 10.1. The number of oxazole rings is 1. The van der Waals surface area contributed by atoms with E-state index in [1.54, 1.807) is 0 Å². The number of amides is 1. The second kappa shape index (κ2) is 7.63. The number of nitrogens with zero attached hydrogens (tertiary/aromatic N) is 2. The number of hydrogen-bond acceptors (Lipinski definition) is 5. The van der Waals surface area contributed by atoms with Crippen LogP contribution in [0.1, 0.15) is 12.5 Å². The maximum absolute atomic E-state index is 11.9. The summed E-state index contributed by atoms with van der Waals surface area (Å²) >= 11 is 4.65. The van der Waals surface area contributed by atoms with Gasteiger partial charge < -0.3 is 4.42 Å². The van der Waals surface area contributed by atoms with E-state index in [2.05, 4.69) is 31.4 Å². The molecule has 122 valence electrons. The van der Waals surface area contributed by atoms with Crippen LogP contribution in [0.15, 0.2) is 67.7 Å². The number of carbonyl (C=O) groups is 1. The van der Waals surface area contributed by atoms with Crippen molar-refractivity contribution in [3.05, 3.63) is 58.6 Å². The van der Waals surface area contributed by atoms with E-state index >= 15 is 0 Å². The van der Waals surface area contributed by atoms with Crippen LogP contribution in [0, 0.1) is 0 Å². The van der Waals surface area contributed by atoms with Gasteiger partial charge in [-0.2, -0.15) is 5.10 Å². The number of halogens is 1. The van der Waals surface area contributed by atoms with Gasteiger partial charge in [-0.1, -0.05) is 52.0 Å². The maximum atomic E-state index is 11.9. The molecule has 2 aromatic carbocycles. The topological polar surface area (TPSA) is 67.5 Å². The van der Waals surface area contributed by atoms with Gasteiger partial charge in [0.25, 0.3) is 11.1 Å². The van der Waals surface area contributed by atoms with Crippen LogP contribution in [0.2, 0.25) is 0 Å². The van der Waals surface area contributed by atoms with Crippen molar-refractivity contribution in [1.29, 1.82) is 0 Å². The molecule has 1 heterocycles. The molecule has 0 saturated heterocycles. The first-order valence-corrected chi connectivity index (χ1v) is 8.97. The minimum atomic E-state index is -0.211. The van der Waals surface area contributed by atoms with Gasteiger partial charge >= 0.3 is 0 Å². The molecule has 0 saturated carbocycles. The number of nitrogens with one attached hydrogen (secondary N) is 1. The summed E-state index contributed by atoms with van der Waals surface area (Å²) in [5.41, 5.74) is 5.72. The number of carbonyl (C=O) groups excluding carboxylic acids is 1. The van der Waals surface area contributed by atoms with Crippen molar-refractivity contribution in [1.82, 2.24) is 10.4 Å². The van der Waals surface area contributed by atoms with Gasteiger partial charge in [0.15, 0.2) is 5.58 Å². The molecule has 0 radical (unpaired) electrons. The van der Waals surface area contributed by atoms with Crippen molar-refractivity contribution < 1.29 is 9.21 Å². The molecule has 0 fully saturated rings. The fourth-order valence-corrected chi connectivity index (χ4v) is 3.03. The molecule has 24 heavy (non-hydrogen) atoms. The summed E-state index contributed by atoms with van der Waals surface area (Å²) in [4.78, 5) is 16.2. The number of thioether (sulfide) groups is 1. The number of rotatable bonds is 5. The van der Waals surface area contributed by atoms with Crippen LogP contribution in [0.4, 0.5) is 0 Å². The molecule has 3 rings (SSSR count). The molecule has 5 nitrogen and oxygen atoms in total. The van der Waals surface area contributed by atoms with E-state index in [-0.39, 0.29) is 11.7 Å². The fraction of sp³-hybridized carbons (Fsp3) is 0.118. The molecule has 0 unspecified atom stereocenters. The molecule has 7 heteroatoms. The molecule has 0 aliphatic carbocycles. The van der Waals surface area contributed by atoms with Crippen LogP contribution < -0.4 is 5.43 Å². The van der Waals surface area contributed by atoms with E-state index in [0.717, 1.165) is 21.3 Å². The lowest BCUT2D eigenvalue weighted by Crippen LogP contribution is -2.21.